The molecule has 0 unspecified atom stereocenters. The van der Waals surface area contributed by atoms with Crippen LogP contribution in [-0.2, 0) is 0 Å². The summed E-state index contributed by atoms with van der Waals surface area (Å²) >= 11 is 0. The zero-order chi connectivity index (χ0) is 12.3. The van der Waals surface area contributed by atoms with Crippen LogP contribution in [0.5, 0.6) is 0 Å². The molecular formula is C11H10N4O2. The molecule has 2 aromatic rings. The average Bonchev–Trinajstić information content (AvgIpc) is 2.29. The van der Waals surface area contributed by atoms with Crippen molar-refractivity contribution in [3.05, 3.63) is 52.1 Å². The number of carbonyl (C=O) groups excluding carboxylic acids is 1. The molecule has 0 spiro atoms. The van der Waals surface area contributed by atoms with E-state index in [1.165, 1.54) is 12.1 Å². The Labute approximate surface area is 96.7 Å². The summed E-state index contributed by atoms with van der Waals surface area (Å²) in [5.74, 6) is 0.0300. The number of pyridine rings is 1. The SMILES string of the molecule is Cc1ccnc(NC(=O)c2ccc(=O)[nH]n2)c1. The summed E-state index contributed by atoms with van der Waals surface area (Å²) in [6.07, 6.45) is 1.60. The quantitative estimate of drug-likeness (QED) is 0.795. The van der Waals surface area contributed by atoms with Crippen LogP contribution in [0.2, 0.25) is 0 Å². The minimum absolute atomic E-state index is 0.132. The van der Waals surface area contributed by atoms with Crippen LogP contribution in [0.15, 0.2) is 35.3 Å². The highest BCUT2D eigenvalue weighted by molar-refractivity contribution is 6.02. The summed E-state index contributed by atoms with van der Waals surface area (Å²) in [4.78, 5) is 26.5. The lowest BCUT2D eigenvalue weighted by atomic mass is 10.3. The molecule has 0 radical (unpaired) electrons. The number of H-pyrrole nitrogens is 1. The van der Waals surface area contributed by atoms with Crippen LogP contribution in [0.1, 0.15) is 16.1 Å². The average molecular weight is 230 g/mol. The maximum Gasteiger partial charge on any atom is 0.277 e. The summed E-state index contributed by atoms with van der Waals surface area (Å²) in [7, 11) is 0. The fourth-order valence-corrected chi connectivity index (χ4v) is 1.26. The number of rotatable bonds is 2. The Kier molecular flexibility index (Phi) is 2.95. The van der Waals surface area contributed by atoms with E-state index in [-0.39, 0.29) is 11.3 Å². The predicted molar refractivity (Wildman–Crippen MR) is 61.8 cm³/mol. The number of aromatic amines is 1. The van der Waals surface area contributed by atoms with Gasteiger partial charge in [-0.2, -0.15) is 5.10 Å². The van der Waals surface area contributed by atoms with E-state index in [0.717, 1.165) is 5.56 Å². The van der Waals surface area contributed by atoms with E-state index in [9.17, 15) is 9.59 Å². The molecule has 2 rings (SSSR count). The van der Waals surface area contributed by atoms with Crippen molar-refractivity contribution in [3.63, 3.8) is 0 Å². The Balaban J connectivity index is 2.17. The van der Waals surface area contributed by atoms with Gasteiger partial charge in [0.1, 0.15) is 11.5 Å². The minimum atomic E-state index is -0.417. The molecule has 2 aromatic heterocycles. The minimum Gasteiger partial charge on any atom is -0.305 e. The summed E-state index contributed by atoms with van der Waals surface area (Å²) in [5, 5.41) is 8.39. The summed E-state index contributed by atoms with van der Waals surface area (Å²) < 4.78 is 0. The lowest BCUT2D eigenvalue weighted by Gasteiger charge is -2.03. The largest absolute Gasteiger partial charge is 0.305 e. The first kappa shape index (κ1) is 11.0. The molecule has 6 nitrogen and oxygen atoms in total. The number of hydrogen-bond donors (Lipinski definition) is 2. The van der Waals surface area contributed by atoms with Gasteiger partial charge in [0, 0.05) is 12.3 Å². The van der Waals surface area contributed by atoms with Gasteiger partial charge in [-0.1, -0.05) is 0 Å². The highest BCUT2D eigenvalue weighted by Crippen LogP contribution is 2.06. The van der Waals surface area contributed by atoms with Crippen LogP contribution in [0.25, 0.3) is 0 Å². The van der Waals surface area contributed by atoms with Gasteiger partial charge >= 0.3 is 0 Å². The van der Waals surface area contributed by atoms with Crippen LogP contribution < -0.4 is 10.9 Å². The van der Waals surface area contributed by atoms with Crippen LogP contribution >= 0.6 is 0 Å². The van der Waals surface area contributed by atoms with E-state index >= 15 is 0 Å². The van der Waals surface area contributed by atoms with Crippen molar-refractivity contribution in [3.8, 4) is 0 Å². The Morgan fingerprint density at radius 2 is 2.18 bits per heavy atom. The summed E-state index contributed by atoms with van der Waals surface area (Å²) in [6.45, 7) is 1.90. The van der Waals surface area contributed by atoms with Gasteiger partial charge in [0.15, 0.2) is 0 Å². The fourth-order valence-electron chi connectivity index (χ4n) is 1.26. The lowest BCUT2D eigenvalue weighted by molar-refractivity contribution is 0.102. The van der Waals surface area contributed by atoms with E-state index in [1.54, 1.807) is 12.3 Å². The second-order valence-corrected chi connectivity index (χ2v) is 3.48. The summed E-state index contributed by atoms with van der Waals surface area (Å²) in [5.41, 5.74) is 0.771. The first-order chi connectivity index (χ1) is 8.15. The van der Waals surface area contributed by atoms with Crippen molar-refractivity contribution in [2.75, 3.05) is 5.32 Å². The topological polar surface area (TPSA) is 87.7 Å². The van der Waals surface area contributed by atoms with E-state index in [0.29, 0.717) is 5.82 Å². The van der Waals surface area contributed by atoms with E-state index in [1.807, 2.05) is 13.0 Å². The monoisotopic (exact) mass is 230 g/mol. The van der Waals surface area contributed by atoms with Crippen molar-refractivity contribution in [2.24, 2.45) is 0 Å². The second-order valence-electron chi connectivity index (χ2n) is 3.48. The Morgan fingerprint density at radius 1 is 1.35 bits per heavy atom. The van der Waals surface area contributed by atoms with Crippen LogP contribution in [0.3, 0.4) is 0 Å². The predicted octanol–water partition coefficient (Wildman–Crippen LogP) is 0.726. The second kappa shape index (κ2) is 4.56. The van der Waals surface area contributed by atoms with E-state index in [2.05, 4.69) is 20.5 Å². The molecule has 17 heavy (non-hydrogen) atoms. The standard InChI is InChI=1S/C11H10N4O2/c1-7-4-5-12-9(6-7)13-11(17)8-2-3-10(16)15-14-8/h2-6H,1H3,(H,15,16)(H,12,13,17). The molecule has 0 saturated carbocycles. The first-order valence-corrected chi connectivity index (χ1v) is 4.95. The molecule has 0 atom stereocenters. The molecule has 1 amide bonds. The zero-order valence-corrected chi connectivity index (χ0v) is 9.10. The molecule has 0 bridgehead atoms. The molecule has 0 aliphatic carbocycles. The number of aryl methyl sites for hydroxylation is 1. The molecule has 2 heterocycles. The van der Waals surface area contributed by atoms with Gasteiger partial charge in [0.25, 0.3) is 11.5 Å². The highest BCUT2D eigenvalue weighted by Gasteiger charge is 2.08. The number of anilines is 1. The molecule has 86 valence electrons. The smallest absolute Gasteiger partial charge is 0.277 e. The van der Waals surface area contributed by atoms with Crippen molar-refractivity contribution in [1.82, 2.24) is 15.2 Å². The van der Waals surface area contributed by atoms with Crippen molar-refractivity contribution in [2.45, 2.75) is 6.92 Å². The summed E-state index contributed by atoms with van der Waals surface area (Å²) in [6, 6.07) is 6.16. The highest BCUT2D eigenvalue weighted by atomic mass is 16.2. The van der Waals surface area contributed by atoms with E-state index in [4.69, 9.17) is 0 Å². The van der Waals surface area contributed by atoms with Gasteiger partial charge in [-0.15, -0.1) is 0 Å². The normalized spacial score (nSPS) is 9.94. The van der Waals surface area contributed by atoms with Crippen LogP contribution in [0, 0.1) is 6.92 Å². The Bertz CT molecular complexity index is 586. The number of nitrogens with one attached hydrogen (secondary N) is 2. The maximum absolute atomic E-state index is 11.7. The fraction of sp³-hybridized carbons (Fsp3) is 0.0909. The third kappa shape index (κ3) is 2.75. The molecule has 0 fully saturated rings. The maximum atomic E-state index is 11.7. The number of carbonyl (C=O) groups is 1. The van der Waals surface area contributed by atoms with Gasteiger partial charge < -0.3 is 5.32 Å². The molecule has 2 N–H and O–H groups in total. The van der Waals surface area contributed by atoms with Gasteiger partial charge in [-0.3, -0.25) is 9.59 Å². The molecule has 6 heteroatoms. The van der Waals surface area contributed by atoms with Gasteiger partial charge in [0.05, 0.1) is 0 Å². The molecule has 0 aliphatic rings. The van der Waals surface area contributed by atoms with Gasteiger partial charge in [-0.05, 0) is 30.7 Å². The van der Waals surface area contributed by atoms with Gasteiger partial charge in [0.2, 0.25) is 0 Å². The lowest BCUT2D eigenvalue weighted by Crippen LogP contribution is -2.18. The van der Waals surface area contributed by atoms with Crippen molar-refractivity contribution >= 4 is 11.7 Å². The third-order valence-corrected chi connectivity index (χ3v) is 2.07. The Hall–Kier alpha value is -2.50. The van der Waals surface area contributed by atoms with Crippen LogP contribution in [-0.4, -0.2) is 21.1 Å². The number of amides is 1. The molecular weight excluding hydrogens is 220 g/mol. The molecule has 0 aliphatic heterocycles. The Morgan fingerprint density at radius 3 is 2.82 bits per heavy atom. The van der Waals surface area contributed by atoms with Crippen LogP contribution in [0.4, 0.5) is 5.82 Å². The number of aromatic nitrogens is 3. The van der Waals surface area contributed by atoms with Gasteiger partial charge in [-0.25, -0.2) is 10.1 Å². The number of hydrogen-bond acceptors (Lipinski definition) is 4. The zero-order valence-electron chi connectivity index (χ0n) is 9.10. The third-order valence-electron chi connectivity index (χ3n) is 2.07. The first-order valence-electron chi connectivity index (χ1n) is 4.95. The molecule has 0 aromatic carbocycles. The number of nitrogens with zero attached hydrogens (tertiary/aromatic N) is 2. The van der Waals surface area contributed by atoms with Crippen molar-refractivity contribution in [1.29, 1.82) is 0 Å². The molecule has 0 saturated heterocycles. The van der Waals surface area contributed by atoms with Crippen molar-refractivity contribution < 1.29 is 4.79 Å². The van der Waals surface area contributed by atoms with E-state index < -0.39 is 5.91 Å².